The number of urea groups is 1. The molecule has 1 aliphatic carbocycles. The summed E-state index contributed by atoms with van der Waals surface area (Å²) in [6.45, 7) is -0.0740. The Labute approximate surface area is 324 Å². The molecular weight excluding hydrogens is 744 g/mol. The first-order valence-electron chi connectivity index (χ1n) is 19.5. The molecule has 17 N–H and O–H groups in total. The summed E-state index contributed by atoms with van der Waals surface area (Å²) in [7, 11) is 0. The fraction of sp³-hybridized carbons (Fsp3) is 0.912. The Balaban J connectivity index is 0.963. The highest BCUT2D eigenvalue weighted by molar-refractivity contribution is 8.00. The topological polar surface area (TPSA) is 341 Å². The number of fused-ring (bicyclic) bond motifs is 1. The van der Waals surface area contributed by atoms with Crippen molar-refractivity contribution in [1.29, 1.82) is 0 Å². The minimum atomic E-state index is -1.49. The number of aliphatic hydroxyl groups is 5. The number of unbranched alkanes of at least 4 members (excludes halogenated alkanes) is 3. The second-order valence-corrected chi connectivity index (χ2v) is 16.7. The van der Waals surface area contributed by atoms with Crippen molar-refractivity contribution < 1.29 is 58.9 Å². The lowest BCUT2D eigenvalue weighted by Crippen LogP contribution is -2.68. The van der Waals surface area contributed by atoms with Crippen LogP contribution in [0.5, 0.6) is 0 Å². The molecule has 0 aromatic carbocycles. The van der Waals surface area contributed by atoms with Gasteiger partial charge < -0.3 is 88.7 Å². The van der Waals surface area contributed by atoms with Crippen LogP contribution in [0.4, 0.5) is 4.79 Å². The number of thioether (sulfide) groups is 1. The Morgan fingerprint density at radius 1 is 0.782 bits per heavy atom. The van der Waals surface area contributed by atoms with Crippen LogP contribution in [-0.4, -0.2) is 172 Å². The van der Waals surface area contributed by atoms with Crippen LogP contribution in [-0.2, 0) is 28.5 Å². The molecule has 17 atom stereocenters. The van der Waals surface area contributed by atoms with E-state index in [0.29, 0.717) is 24.6 Å². The lowest BCUT2D eigenvalue weighted by Gasteiger charge is -2.47. The molecule has 4 amide bonds. The van der Waals surface area contributed by atoms with Gasteiger partial charge in [-0.15, -0.1) is 0 Å². The molecule has 55 heavy (non-hydrogen) atoms. The van der Waals surface area contributed by atoms with Gasteiger partial charge >= 0.3 is 6.03 Å². The van der Waals surface area contributed by atoms with Gasteiger partial charge in [0.25, 0.3) is 0 Å². The van der Waals surface area contributed by atoms with Gasteiger partial charge in [0.1, 0.15) is 42.7 Å². The highest BCUT2D eigenvalue weighted by atomic mass is 32.2. The van der Waals surface area contributed by atoms with Crippen LogP contribution >= 0.6 is 11.8 Å². The number of carbonyl (C=O) groups is 3. The molecule has 0 aromatic rings. The average Bonchev–Trinajstić information content (AvgIpc) is 3.70. The molecular formula is C34H62N8O12S. The summed E-state index contributed by atoms with van der Waals surface area (Å²) >= 11 is 1.87. The van der Waals surface area contributed by atoms with Crippen molar-refractivity contribution in [3.05, 3.63) is 0 Å². The number of nitrogens with one attached hydrogen (secondary N) is 4. The van der Waals surface area contributed by atoms with E-state index in [1.807, 2.05) is 11.8 Å². The van der Waals surface area contributed by atoms with E-state index < -0.39 is 92.2 Å². The third kappa shape index (κ3) is 11.6. The zero-order valence-electron chi connectivity index (χ0n) is 31.0. The van der Waals surface area contributed by atoms with Crippen LogP contribution < -0.4 is 44.2 Å². The van der Waals surface area contributed by atoms with Gasteiger partial charge in [-0.25, -0.2) is 4.79 Å². The second kappa shape index (κ2) is 20.6. The molecule has 0 radical (unpaired) electrons. The van der Waals surface area contributed by atoms with Crippen LogP contribution in [0.25, 0.3) is 0 Å². The first-order chi connectivity index (χ1) is 26.3. The van der Waals surface area contributed by atoms with E-state index in [0.717, 1.165) is 37.9 Å². The average molecular weight is 807 g/mol. The van der Waals surface area contributed by atoms with Gasteiger partial charge in [-0.1, -0.05) is 12.8 Å². The zero-order valence-corrected chi connectivity index (χ0v) is 31.8. The maximum Gasteiger partial charge on any atom is 0.315 e. The van der Waals surface area contributed by atoms with Crippen molar-refractivity contribution in [2.75, 3.05) is 25.4 Å². The molecule has 4 saturated heterocycles. The first kappa shape index (κ1) is 44.1. The van der Waals surface area contributed by atoms with Crippen molar-refractivity contribution >= 4 is 29.6 Å². The summed E-state index contributed by atoms with van der Waals surface area (Å²) in [4.78, 5) is 36.4. The molecule has 5 aliphatic rings. The molecule has 20 nitrogen and oxygen atoms in total. The molecule has 5 rings (SSSR count). The summed E-state index contributed by atoms with van der Waals surface area (Å²) < 4.78 is 23.4. The van der Waals surface area contributed by atoms with Gasteiger partial charge in [0.05, 0.1) is 36.9 Å². The maximum absolute atomic E-state index is 12.6. The van der Waals surface area contributed by atoms with E-state index in [9.17, 15) is 39.9 Å². The molecule has 4 aliphatic heterocycles. The first-order valence-corrected chi connectivity index (χ1v) is 20.5. The van der Waals surface area contributed by atoms with Gasteiger partial charge in [0.2, 0.25) is 11.8 Å². The van der Waals surface area contributed by atoms with Crippen LogP contribution in [0.1, 0.15) is 64.2 Å². The molecule has 0 spiro atoms. The smallest absolute Gasteiger partial charge is 0.315 e. The quantitative estimate of drug-likeness (QED) is 0.0457. The third-order valence-corrected chi connectivity index (χ3v) is 12.7. The van der Waals surface area contributed by atoms with E-state index in [-0.39, 0.29) is 55.7 Å². The van der Waals surface area contributed by atoms with Crippen molar-refractivity contribution in [3.8, 4) is 0 Å². The largest absolute Gasteiger partial charge is 0.394 e. The van der Waals surface area contributed by atoms with Gasteiger partial charge in [0, 0.05) is 49.0 Å². The van der Waals surface area contributed by atoms with Crippen molar-refractivity contribution in [2.24, 2.45) is 22.9 Å². The van der Waals surface area contributed by atoms with E-state index in [1.54, 1.807) is 0 Å². The number of aliphatic hydroxyl groups excluding tert-OH is 5. The molecule has 0 bridgehead atoms. The van der Waals surface area contributed by atoms with Gasteiger partial charge in [-0.3, -0.25) is 9.59 Å². The van der Waals surface area contributed by atoms with Crippen molar-refractivity contribution in [2.45, 2.75) is 167 Å². The lowest BCUT2D eigenvalue weighted by atomic mass is 9.84. The summed E-state index contributed by atoms with van der Waals surface area (Å²) in [5.41, 5.74) is 24.7. The maximum atomic E-state index is 12.6. The number of carbonyl (C=O) groups excluding carboxylic acids is 3. The molecule has 316 valence electrons. The SMILES string of the molecule is N[C@@H]1[C@@H](O)[C@@H](O[C@H]2[C@@H](O)[C@H](O[C@H]3O[C@@H](CNC(=O)CCCCCNC(=O)CCCC[C@@H]4SC[C@@H]5NC(=O)N[C@@H]54)[C@@H](O)C[C@H]3N)[C@H](N)C[C@H]2N)O[C@@H](CO)[C@H]1O. The Bertz CT molecular complexity index is 1260. The normalized spacial score (nSPS) is 41.6. The molecule has 0 unspecified atom stereocenters. The number of nitrogens with two attached hydrogens (primary N) is 4. The van der Waals surface area contributed by atoms with Crippen LogP contribution in [0, 0.1) is 0 Å². The molecule has 21 heteroatoms. The number of amides is 4. The highest BCUT2D eigenvalue weighted by Gasteiger charge is 2.50. The van der Waals surface area contributed by atoms with Crippen molar-refractivity contribution in [1.82, 2.24) is 21.3 Å². The van der Waals surface area contributed by atoms with Crippen LogP contribution in [0.15, 0.2) is 0 Å². The van der Waals surface area contributed by atoms with E-state index in [4.69, 9.17) is 41.9 Å². The van der Waals surface area contributed by atoms with Gasteiger partial charge in [-0.2, -0.15) is 11.8 Å². The van der Waals surface area contributed by atoms with E-state index in [2.05, 4.69) is 21.3 Å². The summed E-state index contributed by atoms with van der Waals surface area (Å²) in [6, 6.07) is -3.30. The monoisotopic (exact) mass is 806 g/mol. The summed E-state index contributed by atoms with van der Waals surface area (Å²) in [6.07, 6.45) is -6.42. The Morgan fingerprint density at radius 2 is 1.44 bits per heavy atom. The predicted octanol–water partition coefficient (Wildman–Crippen LogP) is -4.74. The minimum absolute atomic E-state index is 0.00724. The third-order valence-electron chi connectivity index (χ3n) is 11.2. The van der Waals surface area contributed by atoms with Gasteiger partial charge in [0.15, 0.2) is 12.6 Å². The van der Waals surface area contributed by atoms with E-state index >= 15 is 0 Å². The summed E-state index contributed by atoms with van der Waals surface area (Å²) in [5.74, 6) is 0.699. The lowest BCUT2D eigenvalue weighted by molar-refractivity contribution is -0.315. The molecule has 1 saturated carbocycles. The Hall–Kier alpha value is -1.96. The molecule has 5 fully saturated rings. The Morgan fingerprint density at radius 3 is 2.15 bits per heavy atom. The number of hydrogen-bond acceptors (Lipinski definition) is 17. The standard InChI is InChI=1S/C34H62N8O12S/c35-15-10-16(36)31(54-33-28(48)25(38)27(47)21(13-43)52-33)29(49)30(15)53-32-17(37)11-19(44)20(51-32)12-40-24(46)7-2-1-5-9-39-23(45)8-4-3-6-22-26-18(14-55-22)41-34(50)42-26/h15-22,25-33,43-44,47-49H,1-14,35-38H2,(H,39,45)(H,40,46)(H2,41,42,50)/t15-,16-,17-,18+,19+,20+,21+,22+,25+,26+,27-,28-,29+,30-,31-,32-,33-/m1/s1. The predicted molar refractivity (Wildman–Crippen MR) is 198 cm³/mol. The van der Waals surface area contributed by atoms with E-state index in [1.165, 1.54) is 0 Å². The zero-order chi connectivity index (χ0) is 39.8. The minimum Gasteiger partial charge on any atom is -0.394 e. The fourth-order valence-corrected chi connectivity index (χ4v) is 9.42. The molecule has 4 heterocycles. The number of rotatable bonds is 18. The Kier molecular flexibility index (Phi) is 16.6. The fourth-order valence-electron chi connectivity index (χ4n) is 7.88. The van der Waals surface area contributed by atoms with Crippen molar-refractivity contribution in [3.63, 3.8) is 0 Å². The van der Waals surface area contributed by atoms with Gasteiger partial charge in [-0.05, 0) is 38.5 Å². The summed E-state index contributed by atoms with van der Waals surface area (Å²) in [5, 5.41) is 64.3. The highest BCUT2D eigenvalue weighted by Crippen LogP contribution is 2.34. The number of ether oxygens (including phenoxy) is 4. The molecule has 0 aromatic heterocycles. The number of hydrogen-bond donors (Lipinski definition) is 13. The second-order valence-electron chi connectivity index (χ2n) is 15.4. The van der Waals surface area contributed by atoms with Crippen LogP contribution in [0.2, 0.25) is 0 Å². The van der Waals surface area contributed by atoms with Crippen LogP contribution in [0.3, 0.4) is 0 Å².